The highest BCUT2D eigenvalue weighted by Gasteiger charge is 2.13. The average Bonchev–Trinajstić information content (AvgIpc) is 2.40. The average molecular weight is 242 g/mol. The molecule has 0 saturated carbocycles. The Hall–Kier alpha value is -1.83. The summed E-state index contributed by atoms with van der Waals surface area (Å²) in [7, 11) is 3.80. The quantitative estimate of drug-likeness (QED) is 0.754. The summed E-state index contributed by atoms with van der Waals surface area (Å²) in [6.45, 7) is 4.35. The van der Waals surface area contributed by atoms with Crippen LogP contribution in [-0.4, -0.2) is 7.11 Å². The van der Waals surface area contributed by atoms with Gasteiger partial charge >= 0.3 is 0 Å². The molecule has 2 heteroatoms. The third kappa shape index (κ3) is 2.53. The number of aryl methyl sites for hydroxylation is 2. The van der Waals surface area contributed by atoms with Gasteiger partial charge in [-0.3, -0.25) is 0 Å². The van der Waals surface area contributed by atoms with Crippen LogP contribution in [0.4, 0.5) is 0 Å². The molecule has 0 atom stereocenters. The third-order valence-corrected chi connectivity index (χ3v) is 3.53. The Balaban J connectivity index is 2.30. The summed E-state index contributed by atoms with van der Waals surface area (Å²) in [5.74, 6) is 0.907. The fourth-order valence-corrected chi connectivity index (χ4v) is 2.12. The van der Waals surface area contributed by atoms with Crippen LogP contribution < -0.4 is 9.30 Å². The van der Waals surface area contributed by atoms with Gasteiger partial charge in [-0.2, -0.15) is 0 Å². The molecule has 0 saturated heterocycles. The molecular formula is C16H20NO+. The van der Waals surface area contributed by atoms with Gasteiger partial charge in [0.1, 0.15) is 12.8 Å². The molecule has 2 nitrogen and oxygen atoms in total. The first kappa shape index (κ1) is 12.6. The van der Waals surface area contributed by atoms with Gasteiger partial charge in [0, 0.05) is 11.6 Å². The van der Waals surface area contributed by atoms with E-state index >= 15 is 0 Å². The van der Waals surface area contributed by atoms with Gasteiger partial charge < -0.3 is 4.74 Å². The number of hydrogen-bond acceptors (Lipinski definition) is 1. The molecule has 18 heavy (non-hydrogen) atoms. The number of benzene rings is 1. The van der Waals surface area contributed by atoms with E-state index in [0.717, 1.165) is 12.2 Å². The van der Waals surface area contributed by atoms with E-state index in [-0.39, 0.29) is 0 Å². The maximum Gasteiger partial charge on any atom is 0.188 e. The molecule has 0 unspecified atom stereocenters. The van der Waals surface area contributed by atoms with Crippen molar-refractivity contribution in [3.05, 3.63) is 58.9 Å². The highest BCUT2D eigenvalue weighted by molar-refractivity contribution is 5.32. The van der Waals surface area contributed by atoms with Gasteiger partial charge in [0.05, 0.1) is 13.5 Å². The van der Waals surface area contributed by atoms with Crippen molar-refractivity contribution in [2.24, 2.45) is 7.05 Å². The maximum absolute atomic E-state index is 5.18. The van der Waals surface area contributed by atoms with Gasteiger partial charge in [0.2, 0.25) is 0 Å². The number of rotatable bonds is 3. The molecule has 0 amide bonds. The van der Waals surface area contributed by atoms with Crippen LogP contribution in [0.3, 0.4) is 0 Å². The van der Waals surface area contributed by atoms with Crippen LogP contribution in [-0.2, 0) is 13.5 Å². The van der Waals surface area contributed by atoms with Crippen molar-refractivity contribution in [2.75, 3.05) is 7.11 Å². The van der Waals surface area contributed by atoms with E-state index in [9.17, 15) is 0 Å². The fraction of sp³-hybridized carbons (Fsp3) is 0.312. The Morgan fingerprint density at radius 1 is 1.06 bits per heavy atom. The first-order chi connectivity index (χ1) is 8.61. The summed E-state index contributed by atoms with van der Waals surface area (Å²) in [5.41, 5.74) is 5.38. The largest absolute Gasteiger partial charge is 0.497 e. The van der Waals surface area contributed by atoms with Gasteiger partial charge in [-0.25, -0.2) is 4.57 Å². The Bertz CT molecular complexity index is 544. The number of aromatic nitrogens is 1. The second-order valence-corrected chi connectivity index (χ2v) is 4.71. The van der Waals surface area contributed by atoms with E-state index in [4.69, 9.17) is 4.74 Å². The first-order valence-corrected chi connectivity index (χ1v) is 6.19. The second kappa shape index (κ2) is 5.21. The molecule has 0 aliphatic heterocycles. The molecule has 94 valence electrons. The molecule has 2 rings (SSSR count). The summed E-state index contributed by atoms with van der Waals surface area (Å²) >= 11 is 0. The zero-order valence-corrected chi connectivity index (χ0v) is 11.5. The van der Waals surface area contributed by atoms with E-state index < -0.39 is 0 Å². The predicted molar refractivity (Wildman–Crippen MR) is 72.9 cm³/mol. The molecule has 0 fully saturated rings. The van der Waals surface area contributed by atoms with E-state index in [1.807, 2.05) is 12.1 Å². The molecular weight excluding hydrogens is 222 g/mol. The van der Waals surface area contributed by atoms with Crippen molar-refractivity contribution in [3.8, 4) is 5.75 Å². The SMILES string of the molecule is COc1ccc(Cc2c(C)c(C)cc[n+]2C)cc1. The zero-order chi connectivity index (χ0) is 13.1. The first-order valence-electron chi connectivity index (χ1n) is 6.19. The third-order valence-electron chi connectivity index (χ3n) is 3.53. The van der Waals surface area contributed by atoms with Gasteiger partial charge in [-0.15, -0.1) is 0 Å². The minimum absolute atomic E-state index is 0.907. The zero-order valence-electron chi connectivity index (χ0n) is 11.5. The maximum atomic E-state index is 5.18. The van der Waals surface area contributed by atoms with Crippen molar-refractivity contribution in [1.82, 2.24) is 0 Å². The number of nitrogens with zero attached hydrogens (tertiary/aromatic N) is 1. The van der Waals surface area contributed by atoms with Crippen molar-refractivity contribution >= 4 is 0 Å². The Morgan fingerprint density at radius 2 is 1.72 bits per heavy atom. The molecule has 2 aromatic rings. The van der Waals surface area contributed by atoms with E-state index in [0.29, 0.717) is 0 Å². The molecule has 0 bridgehead atoms. The van der Waals surface area contributed by atoms with Crippen molar-refractivity contribution in [3.63, 3.8) is 0 Å². The van der Waals surface area contributed by atoms with Gasteiger partial charge in [-0.05, 0) is 37.1 Å². The van der Waals surface area contributed by atoms with Crippen molar-refractivity contribution in [2.45, 2.75) is 20.3 Å². The standard InChI is InChI=1S/C16H20NO/c1-12-9-10-17(3)16(13(12)2)11-14-5-7-15(18-4)8-6-14/h5-10H,11H2,1-4H3/q+1. The van der Waals surface area contributed by atoms with Crippen LogP contribution >= 0.6 is 0 Å². The molecule has 0 radical (unpaired) electrons. The number of ether oxygens (including phenoxy) is 1. The predicted octanol–water partition coefficient (Wildman–Crippen LogP) is 2.73. The Labute approximate surface area is 109 Å². The Kier molecular flexibility index (Phi) is 3.66. The van der Waals surface area contributed by atoms with Crippen LogP contribution in [0.25, 0.3) is 0 Å². The lowest BCUT2D eigenvalue weighted by atomic mass is 10.0. The smallest absolute Gasteiger partial charge is 0.188 e. The van der Waals surface area contributed by atoms with Crippen LogP contribution in [0.1, 0.15) is 22.4 Å². The van der Waals surface area contributed by atoms with Crippen LogP contribution in [0.2, 0.25) is 0 Å². The molecule has 0 N–H and O–H groups in total. The molecule has 0 aliphatic carbocycles. The second-order valence-electron chi connectivity index (χ2n) is 4.71. The molecule has 1 aromatic heterocycles. The van der Waals surface area contributed by atoms with E-state index in [2.05, 4.69) is 49.9 Å². The lowest BCUT2D eigenvalue weighted by Crippen LogP contribution is -2.34. The minimum Gasteiger partial charge on any atom is -0.497 e. The highest BCUT2D eigenvalue weighted by Crippen LogP contribution is 2.16. The lowest BCUT2D eigenvalue weighted by Gasteiger charge is -2.07. The van der Waals surface area contributed by atoms with Crippen LogP contribution in [0.5, 0.6) is 5.75 Å². The molecule has 1 heterocycles. The van der Waals surface area contributed by atoms with Gasteiger partial charge in [-0.1, -0.05) is 12.1 Å². The highest BCUT2D eigenvalue weighted by atomic mass is 16.5. The molecule has 0 spiro atoms. The van der Waals surface area contributed by atoms with Crippen molar-refractivity contribution < 1.29 is 9.30 Å². The molecule has 0 aliphatic rings. The van der Waals surface area contributed by atoms with Gasteiger partial charge in [0.15, 0.2) is 11.9 Å². The van der Waals surface area contributed by atoms with Crippen LogP contribution in [0, 0.1) is 13.8 Å². The number of methoxy groups -OCH3 is 1. The van der Waals surface area contributed by atoms with Gasteiger partial charge in [0.25, 0.3) is 0 Å². The van der Waals surface area contributed by atoms with E-state index in [1.165, 1.54) is 22.4 Å². The minimum atomic E-state index is 0.907. The summed E-state index contributed by atoms with van der Waals surface area (Å²) in [6, 6.07) is 10.4. The van der Waals surface area contributed by atoms with E-state index in [1.54, 1.807) is 7.11 Å². The normalized spacial score (nSPS) is 10.4. The number of hydrogen-bond donors (Lipinski definition) is 0. The van der Waals surface area contributed by atoms with Crippen LogP contribution in [0.15, 0.2) is 36.5 Å². The summed E-state index contributed by atoms with van der Waals surface area (Å²) in [4.78, 5) is 0. The molecule has 1 aromatic carbocycles. The monoisotopic (exact) mass is 242 g/mol. The lowest BCUT2D eigenvalue weighted by molar-refractivity contribution is -0.679. The number of pyridine rings is 1. The fourth-order valence-electron chi connectivity index (χ4n) is 2.12. The summed E-state index contributed by atoms with van der Waals surface area (Å²) in [5, 5.41) is 0. The summed E-state index contributed by atoms with van der Waals surface area (Å²) < 4.78 is 7.38. The van der Waals surface area contributed by atoms with Crippen molar-refractivity contribution in [1.29, 1.82) is 0 Å². The topological polar surface area (TPSA) is 13.1 Å². The Morgan fingerprint density at radius 3 is 2.33 bits per heavy atom. The summed E-state index contributed by atoms with van der Waals surface area (Å²) in [6.07, 6.45) is 3.08.